The van der Waals surface area contributed by atoms with E-state index < -0.39 is 0 Å². The van der Waals surface area contributed by atoms with E-state index in [0.717, 1.165) is 13.0 Å². The summed E-state index contributed by atoms with van der Waals surface area (Å²) in [6, 6.07) is 0. The van der Waals surface area contributed by atoms with Gasteiger partial charge in [-0.1, -0.05) is 84.0 Å². The summed E-state index contributed by atoms with van der Waals surface area (Å²) < 4.78 is 48.7. The lowest BCUT2D eigenvalue weighted by Gasteiger charge is -2.08. The Balaban J connectivity index is 3.02. The van der Waals surface area contributed by atoms with E-state index in [1.54, 1.807) is 7.11 Å². The van der Waals surface area contributed by atoms with Gasteiger partial charge in [0.05, 0.1) is 106 Å². The molecule has 248 valence electrons. The first-order chi connectivity index (χ1) is 20.4. The van der Waals surface area contributed by atoms with Crippen molar-refractivity contribution in [1.82, 2.24) is 0 Å². The van der Waals surface area contributed by atoms with Crippen LogP contribution in [0.25, 0.3) is 0 Å². The highest BCUT2D eigenvalue weighted by Gasteiger charge is 1.97. The molecule has 0 aromatic carbocycles. The van der Waals surface area contributed by atoms with E-state index in [2.05, 4.69) is 6.92 Å². The number of ether oxygens (including phenoxy) is 9. The van der Waals surface area contributed by atoms with Gasteiger partial charge in [0.25, 0.3) is 0 Å². The maximum Gasteiger partial charge on any atom is 0.0701 e. The number of unbranched alkanes of at least 4 members (excludes halogenated alkanes) is 12. The summed E-state index contributed by atoms with van der Waals surface area (Å²) in [6.45, 7) is 12.3. The normalized spacial score (nSPS) is 11.6. The van der Waals surface area contributed by atoms with E-state index in [1.807, 2.05) is 0 Å². The largest absolute Gasteiger partial charge is 0.382 e. The van der Waals surface area contributed by atoms with Crippen LogP contribution >= 0.6 is 0 Å². The van der Waals surface area contributed by atoms with Gasteiger partial charge in [0.2, 0.25) is 0 Å². The fraction of sp³-hybridized carbons (Fsp3) is 1.00. The number of rotatable bonds is 38. The molecule has 0 heterocycles. The molecule has 9 heteroatoms. The molecule has 0 aliphatic rings. The van der Waals surface area contributed by atoms with Crippen LogP contribution in [0.2, 0.25) is 0 Å². The monoisotopic (exact) mass is 594 g/mol. The Bertz CT molecular complexity index is 405. The molecule has 0 saturated heterocycles. The van der Waals surface area contributed by atoms with Crippen molar-refractivity contribution >= 4 is 0 Å². The van der Waals surface area contributed by atoms with E-state index in [4.69, 9.17) is 42.6 Å². The first-order valence-corrected chi connectivity index (χ1v) is 16.5. The molecule has 0 aliphatic carbocycles. The molecule has 0 spiro atoms. The topological polar surface area (TPSA) is 83.1 Å². The van der Waals surface area contributed by atoms with Crippen molar-refractivity contribution in [2.75, 3.05) is 119 Å². The molecule has 9 nitrogen and oxygen atoms in total. The van der Waals surface area contributed by atoms with E-state index in [0.29, 0.717) is 106 Å². The van der Waals surface area contributed by atoms with Crippen LogP contribution < -0.4 is 0 Å². The minimum absolute atomic E-state index is 0.542. The Kier molecular flexibility index (Phi) is 39.3. The van der Waals surface area contributed by atoms with Gasteiger partial charge < -0.3 is 42.6 Å². The fourth-order valence-corrected chi connectivity index (χ4v) is 4.01. The summed E-state index contributed by atoms with van der Waals surface area (Å²) in [6.07, 6.45) is 17.8. The van der Waals surface area contributed by atoms with E-state index >= 15 is 0 Å². The molecule has 0 aliphatic heterocycles. The van der Waals surface area contributed by atoms with Gasteiger partial charge in [-0.2, -0.15) is 0 Å². The minimum Gasteiger partial charge on any atom is -0.382 e. The summed E-state index contributed by atoms with van der Waals surface area (Å²) >= 11 is 0. The molecule has 0 amide bonds. The highest BCUT2D eigenvalue weighted by atomic mass is 16.6. The molecule has 0 N–H and O–H groups in total. The van der Waals surface area contributed by atoms with Gasteiger partial charge in [0, 0.05) is 13.7 Å². The summed E-state index contributed by atoms with van der Waals surface area (Å²) in [5.74, 6) is 0. The SMILES string of the molecule is CCCCCCCCCCCCCCCOCCOCCOCCOCCOCCOCCOCCOCCOC. The van der Waals surface area contributed by atoms with Gasteiger partial charge >= 0.3 is 0 Å². The summed E-state index contributed by atoms with van der Waals surface area (Å²) in [7, 11) is 1.65. The number of methoxy groups -OCH3 is 1. The highest BCUT2D eigenvalue weighted by molar-refractivity contribution is 4.49. The highest BCUT2D eigenvalue weighted by Crippen LogP contribution is 2.12. The van der Waals surface area contributed by atoms with Crippen LogP contribution in [0.15, 0.2) is 0 Å². The Labute approximate surface area is 252 Å². The zero-order chi connectivity index (χ0) is 29.6. The Morgan fingerprint density at radius 1 is 0.244 bits per heavy atom. The first-order valence-electron chi connectivity index (χ1n) is 16.5. The third-order valence-corrected chi connectivity index (χ3v) is 6.43. The van der Waals surface area contributed by atoms with Gasteiger partial charge in [-0.15, -0.1) is 0 Å². The van der Waals surface area contributed by atoms with Gasteiger partial charge in [0.15, 0.2) is 0 Å². The average Bonchev–Trinajstić information content (AvgIpc) is 2.98. The average molecular weight is 595 g/mol. The van der Waals surface area contributed by atoms with Crippen LogP contribution in [0.5, 0.6) is 0 Å². The molecule has 0 unspecified atom stereocenters. The predicted molar refractivity (Wildman–Crippen MR) is 164 cm³/mol. The second-order valence-corrected chi connectivity index (χ2v) is 10.1. The van der Waals surface area contributed by atoms with Crippen molar-refractivity contribution < 1.29 is 42.6 Å². The molecule has 0 rings (SSSR count). The molecule has 0 saturated carbocycles. The summed E-state index contributed by atoms with van der Waals surface area (Å²) in [5, 5.41) is 0. The van der Waals surface area contributed by atoms with Crippen molar-refractivity contribution in [1.29, 1.82) is 0 Å². The van der Waals surface area contributed by atoms with Crippen LogP contribution in [-0.4, -0.2) is 119 Å². The quantitative estimate of drug-likeness (QED) is 0.0817. The number of hydrogen-bond acceptors (Lipinski definition) is 9. The molecule has 0 aromatic heterocycles. The molecule has 0 atom stereocenters. The van der Waals surface area contributed by atoms with Crippen molar-refractivity contribution in [3.63, 3.8) is 0 Å². The maximum absolute atomic E-state index is 5.66. The number of hydrogen-bond donors (Lipinski definition) is 0. The molecule has 0 bridgehead atoms. The van der Waals surface area contributed by atoms with Gasteiger partial charge in [-0.05, 0) is 6.42 Å². The third kappa shape index (κ3) is 39.6. The van der Waals surface area contributed by atoms with Gasteiger partial charge in [0.1, 0.15) is 0 Å². The van der Waals surface area contributed by atoms with Gasteiger partial charge in [-0.3, -0.25) is 0 Å². The van der Waals surface area contributed by atoms with Crippen LogP contribution in [0, 0.1) is 0 Å². The van der Waals surface area contributed by atoms with E-state index in [9.17, 15) is 0 Å². The second-order valence-electron chi connectivity index (χ2n) is 10.1. The Hall–Kier alpha value is -0.360. The van der Waals surface area contributed by atoms with E-state index in [-0.39, 0.29) is 0 Å². The lowest BCUT2D eigenvalue weighted by molar-refractivity contribution is -0.0243. The van der Waals surface area contributed by atoms with Crippen LogP contribution in [0.4, 0.5) is 0 Å². The zero-order valence-corrected chi connectivity index (χ0v) is 26.9. The minimum atomic E-state index is 0.542. The van der Waals surface area contributed by atoms with Crippen molar-refractivity contribution in [3.8, 4) is 0 Å². The maximum atomic E-state index is 5.66. The molecular formula is C32H66O9. The Morgan fingerprint density at radius 3 is 0.732 bits per heavy atom. The van der Waals surface area contributed by atoms with Crippen LogP contribution in [-0.2, 0) is 42.6 Å². The van der Waals surface area contributed by atoms with Crippen molar-refractivity contribution in [3.05, 3.63) is 0 Å². The molecule has 41 heavy (non-hydrogen) atoms. The van der Waals surface area contributed by atoms with E-state index in [1.165, 1.54) is 77.0 Å². The van der Waals surface area contributed by atoms with Gasteiger partial charge in [-0.25, -0.2) is 0 Å². The summed E-state index contributed by atoms with van der Waals surface area (Å²) in [4.78, 5) is 0. The lowest BCUT2D eigenvalue weighted by Crippen LogP contribution is -2.15. The predicted octanol–water partition coefficient (Wildman–Crippen LogP) is 5.86. The molecule has 0 radical (unpaired) electrons. The standard InChI is InChI=1S/C32H66O9/c1-3-4-5-6-7-8-9-10-11-12-13-14-15-16-34-19-20-36-23-24-38-27-28-40-31-32-41-30-29-39-26-25-37-22-21-35-18-17-33-2/h3-32H2,1-2H3. The third-order valence-electron chi connectivity index (χ3n) is 6.43. The second kappa shape index (κ2) is 39.6. The summed E-state index contributed by atoms with van der Waals surface area (Å²) in [5.41, 5.74) is 0. The van der Waals surface area contributed by atoms with Crippen molar-refractivity contribution in [2.45, 2.75) is 90.4 Å². The van der Waals surface area contributed by atoms with Crippen LogP contribution in [0.3, 0.4) is 0 Å². The Morgan fingerprint density at radius 2 is 0.463 bits per heavy atom. The molecular weight excluding hydrogens is 528 g/mol. The first kappa shape index (κ1) is 40.6. The smallest absolute Gasteiger partial charge is 0.0701 e. The van der Waals surface area contributed by atoms with Crippen molar-refractivity contribution in [2.24, 2.45) is 0 Å². The zero-order valence-electron chi connectivity index (χ0n) is 26.9. The molecule has 0 aromatic rings. The molecule has 0 fully saturated rings. The van der Waals surface area contributed by atoms with Crippen LogP contribution in [0.1, 0.15) is 90.4 Å². The lowest BCUT2D eigenvalue weighted by atomic mass is 10.0. The fourth-order valence-electron chi connectivity index (χ4n) is 4.01.